The van der Waals surface area contributed by atoms with Crippen molar-refractivity contribution in [2.24, 2.45) is 0 Å². The molecule has 9 nitrogen and oxygen atoms in total. The smallest absolute Gasteiger partial charge is 0.274 e. The number of aromatic nitrogens is 6. The number of anilines is 3. The first kappa shape index (κ1) is 20.7. The first-order chi connectivity index (χ1) is 16.0. The van der Waals surface area contributed by atoms with Gasteiger partial charge in [0.15, 0.2) is 11.6 Å². The lowest BCUT2D eigenvalue weighted by molar-refractivity contribution is 0.102. The Morgan fingerprint density at radius 2 is 1.94 bits per heavy atom. The van der Waals surface area contributed by atoms with Gasteiger partial charge in [-0.05, 0) is 73.6 Å². The maximum Gasteiger partial charge on any atom is 0.274 e. The lowest BCUT2D eigenvalue weighted by Gasteiger charge is -2.08. The molecule has 10 heteroatoms. The molecule has 5 aromatic rings. The third kappa shape index (κ3) is 4.70. The Morgan fingerprint density at radius 1 is 1.09 bits per heavy atom. The minimum atomic E-state index is -0.249. The van der Waals surface area contributed by atoms with E-state index in [0.717, 1.165) is 21.7 Å². The fourth-order valence-corrected chi connectivity index (χ4v) is 3.91. The van der Waals surface area contributed by atoms with Crippen molar-refractivity contribution in [2.75, 3.05) is 10.6 Å². The largest absolute Gasteiger partial charge is 0.322 e. The predicted octanol–water partition coefficient (Wildman–Crippen LogP) is 4.61. The summed E-state index contributed by atoms with van der Waals surface area (Å²) in [6.07, 6.45) is 3.55. The lowest BCUT2D eigenvalue weighted by Crippen LogP contribution is -2.13. The molecule has 3 N–H and O–H groups in total. The number of aryl methyl sites for hydroxylation is 2. The zero-order valence-electron chi connectivity index (χ0n) is 17.9. The molecule has 0 saturated heterocycles. The van der Waals surface area contributed by atoms with Crippen molar-refractivity contribution in [3.8, 4) is 0 Å². The van der Waals surface area contributed by atoms with Crippen molar-refractivity contribution >= 4 is 40.5 Å². The molecule has 4 aromatic heterocycles. The van der Waals surface area contributed by atoms with Gasteiger partial charge < -0.3 is 10.6 Å². The van der Waals surface area contributed by atoms with Crippen LogP contribution in [0.25, 0.3) is 5.52 Å². The van der Waals surface area contributed by atoms with Crippen LogP contribution >= 0.6 is 11.8 Å². The van der Waals surface area contributed by atoms with Crippen molar-refractivity contribution in [3.05, 3.63) is 83.9 Å². The highest BCUT2D eigenvalue weighted by Gasteiger charge is 2.12. The van der Waals surface area contributed by atoms with Crippen molar-refractivity contribution in [1.82, 2.24) is 29.8 Å². The van der Waals surface area contributed by atoms with E-state index >= 15 is 0 Å². The fraction of sp³-hybridized carbons (Fsp3) is 0.0870. The van der Waals surface area contributed by atoms with Crippen LogP contribution in [0.2, 0.25) is 0 Å². The van der Waals surface area contributed by atoms with Gasteiger partial charge in [-0.1, -0.05) is 6.07 Å². The third-order valence-electron chi connectivity index (χ3n) is 4.79. The molecule has 4 heterocycles. The van der Waals surface area contributed by atoms with Gasteiger partial charge in [0, 0.05) is 34.7 Å². The van der Waals surface area contributed by atoms with E-state index in [4.69, 9.17) is 0 Å². The number of H-pyrrole nitrogens is 1. The molecule has 0 aliphatic heterocycles. The second-order valence-corrected chi connectivity index (χ2v) is 8.48. The van der Waals surface area contributed by atoms with Gasteiger partial charge in [0.2, 0.25) is 5.16 Å². The molecule has 0 unspecified atom stereocenters. The first-order valence-corrected chi connectivity index (χ1v) is 11.0. The zero-order chi connectivity index (χ0) is 22.8. The fourth-order valence-electron chi connectivity index (χ4n) is 3.16. The van der Waals surface area contributed by atoms with Gasteiger partial charge in [-0.25, -0.2) is 9.50 Å². The van der Waals surface area contributed by atoms with Gasteiger partial charge >= 0.3 is 0 Å². The molecule has 1 amide bonds. The predicted molar refractivity (Wildman–Crippen MR) is 127 cm³/mol. The van der Waals surface area contributed by atoms with Crippen molar-refractivity contribution in [3.63, 3.8) is 0 Å². The van der Waals surface area contributed by atoms with E-state index in [-0.39, 0.29) is 5.91 Å². The molecule has 0 bridgehead atoms. The minimum Gasteiger partial charge on any atom is -0.322 e. The van der Waals surface area contributed by atoms with E-state index in [1.54, 1.807) is 16.8 Å². The van der Waals surface area contributed by atoms with Gasteiger partial charge in [-0.15, -0.1) is 5.10 Å². The molecule has 0 radical (unpaired) electrons. The van der Waals surface area contributed by atoms with E-state index in [1.165, 1.54) is 11.8 Å². The minimum absolute atomic E-state index is 0.249. The number of rotatable bonds is 6. The molecule has 0 aliphatic rings. The van der Waals surface area contributed by atoms with Crippen LogP contribution in [0.4, 0.5) is 17.3 Å². The lowest BCUT2D eigenvalue weighted by atomic mass is 10.2. The Balaban J connectivity index is 1.32. The number of hydrogen-bond donors (Lipinski definition) is 3. The number of nitrogens with zero attached hydrogens (tertiary/aromatic N) is 5. The van der Waals surface area contributed by atoms with Crippen LogP contribution in [-0.4, -0.2) is 35.7 Å². The van der Waals surface area contributed by atoms with E-state index in [1.807, 2.05) is 68.6 Å². The average Bonchev–Trinajstić information content (AvgIpc) is 3.44. The monoisotopic (exact) mass is 456 g/mol. The van der Waals surface area contributed by atoms with Crippen molar-refractivity contribution < 1.29 is 4.79 Å². The van der Waals surface area contributed by atoms with Gasteiger partial charge in [0.1, 0.15) is 11.2 Å². The molecular formula is C23H20N8OS. The number of amides is 1. The number of carbonyl (C=O) groups is 1. The number of fused-ring (bicyclic) bond motifs is 1. The summed E-state index contributed by atoms with van der Waals surface area (Å²) in [5, 5.41) is 18.4. The number of benzene rings is 1. The molecule has 5 rings (SSSR count). The Morgan fingerprint density at radius 3 is 2.67 bits per heavy atom. The third-order valence-corrected chi connectivity index (χ3v) is 5.65. The highest BCUT2D eigenvalue weighted by Crippen LogP contribution is 2.29. The second kappa shape index (κ2) is 8.75. The van der Waals surface area contributed by atoms with Gasteiger partial charge in [-0.2, -0.15) is 5.10 Å². The number of hydrogen-bond acceptors (Lipinski definition) is 7. The zero-order valence-corrected chi connectivity index (χ0v) is 18.7. The summed E-state index contributed by atoms with van der Waals surface area (Å²) in [4.78, 5) is 22.2. The normalized spacial score (nSPS) is 11.0. The first-order valence-electron chi connectivity index (χ1n) is 10.2. The molecule has 0 atom stereocenters. The number of aromatic amines is 1. The summed E-state index contributed by atoms with van der Waals surface area (Å²) >= 11 is 1.43. The molecule has 0 aliphatic carbocycles. The van der Waals surface area contributed by atoms with E-state index < -0.39 is 0 Å². The van der Waals surface area contributed by atoms with Crippen LogP contribution in [0.5, 0.6) is 0 Å². The maximum absolute atomic E-state index is 12.4. The molecule has 0 fully saturated rings. The van der Waals surface area contributed by atoms with E-state index in [9.17, 15) is 4.79 Å². The number of carbonyl (C=O) groups excluding carboxylic acids is 1. The van der Waals surface area contributed by atoms with E-state index in [0.29, 0.717) is 28.2 Å². The average molecular weight is 457 g/mol. The molecule has 0 spiro atoms. The maximum atomic E-state index is 12.4. The SMILES string of the molecule is Cc1ccc(C(=O)Nc2ccc(Sc3nc(Nc4cc(C)[nH]n4)c4cccn4n3)cc2)nc1. The van der Waals surface area contributed by atoms with Crippen LogP contribution in [0, 0.1) is 13.8 Å². The molecular weight excluding hydrogens is 436 g/mol. The molecule has 0 saturated carbocycles. The standard InChI is InChI=1S/C23H20N8OS/c1-14-5-10-18(24-13-14)22(32)25-16-6-8-17(9-7-16)33-23-27-21(19-4-3-11-31(19)30-23)26-20-12-15(2)28-29-20/h3-13H,1-2H3,(H,25,32)(H2,26,27,28,29,30). The quantitative estimate of drug-likeness (QED) is 0.342. The van der Waals surface area contributed by atoms with Gasteiger partial charge in [0.25, 0.3) is 5.91 Å². The van der Waals surface area contributed by atoms with Crippen LogP contribution in [-0.2, 0) is 0 Å². The topological polar surface area (TPSA) is 113 Å². The van der Waals surface area contributed by atoms with Crippen LogP contribution in [0.1, 0.15) is 21.7 Å². The highest BCUT2D eigenvalue weighted by atomic mass is 32.2. The summed E-state index contributed by atoms with van der Waals surface area (Å²) < 4.78 is 1.78. The van der Waals surface area contributed by atoms with Crippen molar-refractivity contribution in [2.45, 2.75) is 23.9 Å². The Bertz CT molecular complexity index is 1420. The Kier molecular flexibility index (Phi) is 5.49. The second-order valence-electron chi connectivity index (χ2n) is 7.44. The van der Waals surface area contributed by atoms with Crippen LogP contribution in [0.3, 0.4) is 0 Å². The molecule has 164 valence electrons. The van der Waals surface area contributed by atoms with Crippen LogP contribution < -0.4 is 10.6 Å². The van der Waals surface area contributed by atoms with E-state index in [2.05, 4.69) is 35.9 Å². The van der Waals surface area contributed by atoms with Gasteiger partial charge in [0.05, 0.1) is 0 Å². The summed E-state index contributed by atoms with van der Waals surface area (Å²) in [5.41, 5.74) is 3.87. The van der Waals surface area contributed by atoms with Gasteiger partial charge in [-0.3, -0.25) is 14.9 Å². The highest BCUT2D eigenvalue weighted by molar-refractivity contribution is 7.99. The molecule has 33 heavy (non-hydrogen) atoms. The number of pyridine rings is 1. The Labute approximate surface area is 193 Å². The summed E-state index contributed by atoms with van der Waals surface area (Å²) in [7, 11) is 0. The molecule has 1 aromatic carbocycles. The van der Waals surface area contributed by atoms with Crippen LogP contribution in [0.15, 0.2) is 77.0 Å². The number of nitrogens with one attached hydrogen (secondary N) is 3. The summed E-state index contributed by atoms with van der Waals surface area (Å²) in [5.74, 6) is 1.10. The summed E-state index contributed by atoms with van der Waals surface area (Å²) in [6, 6.07) is 16.8. The summed E-state index contributed by atoms with van der Waals surface area (Å²) in [6.45, 7) is 3.87. The Hall–Kier alpha value is -4.18. The van der Waals surface area contributed by atoms with Crippen molar-refractivity contribution in [1.29, 1.82) is 0 Å².